The molecule has 1 saturated heterocycles. The molecular formula is C14H30N2O. The lowest BCUT2D eigenvalue weighted by molar-refractivity contribution is -0.0783. The lowest BCUT2D eigenvalue weighted by atomic mass is 9.82. The lowest BCUT2D eigenvalue weighted by Gasteiger charge is -2.32. The van der Waals surface area contributed by atoms with Gasteiger partial charge in [-0.15, -0.1) is 0 Å². The molecule has 0 aromatic heterocycles. The summed E-state index contributed by atoms with van der Waals surface area (Å²) < 4.78 is 6.13. The molecule has 0 radical (unpaired) electrons. The van der Waals surface area contributed by atoms with Gasteiger partial charge >= 0.3 is 0 Å². The van der Waals surface area contributed by atoms with E-state index in [9.17, 15) is 0 Å². The van der Waals surface area contributed by atoms with Crippen molar-refractivity contribution in [2.75, 3.05) is 19.6 Å². The topological polar surface area (TPSA) is 38.5 Å². The van der Waals surface area contributed by atoms with Crippen LogP contribution in [0.3, 0.4) is 0 Å². The average molecular weight is 242 g/mol. The van der Waals surface area contributed by atoms with Crippen molar-refractivity contribution in [3.8, 4) is 0 Å². The zero-order valence-electron chi connectivity index (χ0n) is 12.4. The molecule has 1 aliphatic heterocycles. The minimum Gasteiger partial charge on any atom is -0.368 e. The lowest BCUT2D eigenvalue weighted by Crippen LogP contribution is -2.48. The summed E-state index contributed by atoms with van der Waals surface area (Å²) in [5, 5.41) is 0. The van der Waals surface area contributed by atoms with Crippen LogP contribution in [0.15, 0.2) is 0 Å². The van der Waals surface area contributed by atoms with Crippen molar-refractivity contribution in [1.29, 1.82) is 0 Å². The van der Waals surface area contributed by atoms with Crippen molar-refractivity contribution in [3.05, 3.63) is 0 Å². The molecule has 1 rings (SSSR count). The standard InChI is InChI=1S/C14H30N2O/c1-7-9-16(8-2)10-11-12(15)14(5,6)17-13(11,3)4/h11-12H,7-10,15H2,1-6H3. The molecule has 0 aliphatic carbocycles. The predicted octanol–water partition coefficient (Wildman–Crippen LogP) is 2.25. The molecule has 0 saturated carbocycles. The third-order valence-electron chi connectivity index (χ3n) is 4.10. The summed E-state index contributed by atoms with van der Waals surface area (Å²) in [7, 11) is 0. The molecule has 0 amide bonds. The van der Waals surface area contributed by atoms with Crippen molar-refractivity contribution in [2.45, 2.75) is 65.2 Å². The quantitative estimate of drug-likeness (QED) is 0.803. The van der Waals surface area contributed by atoms with Gasteiger partial charge in [0.1, 0.15) is 0 Å². The summed E-state index contributed by atoms with van der Waals surface area (Å²) >= 11 is 0. The number of hydrogen-bond acceptors (Lipinski definition) is 3. The molecule has 0 bridgehead atoms. The van der Waals surface area contributed by atoms with E-state index in [0.29, 0.717) is 5.92 Å². The van der Waals surface area contributed by atoms with Crippen molar-refractivity contribution < 1.29 is 4.74 Å². The Hall–Kier alpha value is -0.120. The maximum absolute atomic E-state index is 6.38. The van der Waals surface area contributed by atoms with E-state index >= 15 is 0 Å². The zero-order chi connectivity index (χ0) is 13.3. The second-order valence-corrected chi connectivity index (χ2v) is 6.33. The van der Waals surface area contributed by atoms with Gasteiger partial charge in [0.2, 0.25) is 0 Å². The third kappa shape index (κ3) is 3.21. The Morgan fingerprint density at radius 3 is 2.06 bits per heavy atom. The molecule has 102 valence electrons. The summed E-state index contributed by atoms with van der Waals surface area (Å²) in [5.74, 6) is 0.406. The van der Waals surface area contributed by atoms with Gasteiger partial charge in [-0.3, -0.25) is 0 Å². The van der Waals surface area contributed by atoms with Gasteiger partial charge in [-0.1, -0.05) is 13.8 Å². The summed E-state index contributed by atoms with van der Waals surface area (Å²) in [6.45, 7) is 16.3. The van der Waals surface area contributed by atoms with Crippen molar-refractivity contribution in [1.82, 2.24) is 4.90 Å². The maximum Gasteiger partial charge on any atom is 0.0788 e. The highest BCUT2D eigenvalue weighted by Crippen LogP contribution is 2.41. The Balaban J connectivity index is 2.75. The maximum atomic E-state index is 6.38. The number of rotatable bonds is 5. The molecule has 1 aliphatic rings. The van der Waals surface area contributed by atoms with Gasteiger partial charge in [-0.05, 0) is 47.2 Å². The van der Waals surface area contributed by atoms with Crippen LogP contribution in [0.2, 0.25) is 0 Å². The minimum absolute atomic E-state index is 0.114. The number of ether oxygens (including phenoxy) is 1. The average Bonchev–Trinajstić information content (AvgIpc) is 2.35. The van der Waals surface area contributed by atoms with E-state index in [0.717, 1.165) is 19.6 Å². The van der Waals surface area contributed by atoms with E-state index in [1.807, 2.05) is 0 Å². The molecule has 2 atom stereocenters. The van der Waals surface area contributed by atoms with Crippen LogP contribution >= 0.6 is 0 Å². The SMILES string of the molecule is CCCN(CC)CC1C(N)C(C)(C)OC1(C)C. The van der Waals surface area contributed by atoms with Gasteiger partial charge in [0, 0.05) is 18.5 Å². The summed E-state index contributed by atoms with van der Waals surface area (Å²) in [6.07, 6.45) is 1.19. The van der Waals surface area contributed by atoms with Crippen LogP contribution in [0.5, 0.6) is 0 Å². The Kier molecular flexibility index (Phi) is 4.61. The van der Waals surface area contributed by atoms with E-state index in [4.69, 9.17) is 10.5 Å². The molecule has 2 N–H and O–H groups in total. The second kappa shape index (κ2) is 5.25. The highest BCUT2D eigenvalue weighted by atomic mass is 16.5. The minimum atomic E-state index is -0.209. The molecule has 17 heavy (non-hydrogen) atoms. The monoisotopic (exact) mass is 242 g/mol. The summed E-state index contributed by atoms with van der Waals surface area (Å²) in [4.78, 5) is 2.48. The zero-order valence-corrected chi connectivity index (χ0v) is 12.4. The van der Waals surface area contributed by atoms with E-state index in [2.05, 4.69) is 46.4 Å². The van der Waals surface area contributed by atoms with Crippen LogP contribution in [-0.2, 0) is 4.74 Å². The number of nitrogens with two attached hydrogens (primary N) is 1. The van der Waals surface area contributed by atoms with Gasteiger partial charge < -0.3 is 15.4 Å². The van der Waals surface area contributed by atoms with Gasteiger partial charge in [0.25, 0.3) is 0 Å². The Morgan fingerprint density at radius 1 is 1.12 bits per heavy atom. The van der Waals surface area contributed by atoms with Crippen LogP contribution in [0, 0.1) is 5.92 Å². The highest BCUT2D eigenvalue weighted by Gasteiger charge is 2.52. The molecular weight excluding hydrogens is 212 g/mol. The van der Waals surface area contributed by atoms with Crippen molar-refractivity contribution in [2.24, 2.45) is 11.7 Å². The Bertz CT molecular complexity index is 251. The van der Waals surface area contributed by atoms with Crippen LogP contribution in [0.1, 0.15) is 48.0 Å². The van der Waals surface area contributed by atoms with Gasteiger partial charge in [-0.2, -0.15) is 0 Å². The van der Waals surface area contributed by atoms with Crippen molar-refractivity contribution >= 4 is 0 Å². The summed E-state index contributed by atoms with van der Waals surface area (Å²) in [5.41, 5.74) is 6.05. The Labute approximate surface area is 107 Å². The summed E-state index contributed by atoms with van der Waals surface area (Å²) in [6, 6.07) is 0.114. The van der Waals surface area contributed by atoms with Gasteiger partial charge in [0.15, 0.2) is 0 Å². The predicted molar refractivity (Wildman–Crippen MR) is 73.1 cm³/mol. The van der Waals surface area contributed by atoms with Crippen LogP contribution < -0.4 is 5.73 Å². The molecule has 1 fully saturated rings. The normalized spacial score (nSPS) is 31.1. The number of hydrogen-bond donors (Lipinski definition) is 1. The third-order valence-corrected chi connectivity index (χ3v) is 4.10. The fourth-order valence-corrected chi connectivity index (χ4v) is 3.04. The second-order valence-electron chi connectivity index (χ2n) is 6.33. The fraction of sp³-hybridized carbons (Fsp3) is 1.00. The van der Waals surface area contributed by atoms with E-state index in [-0.39, 0.29) is 17.2 Å². The van der Waals surface area contributed by atoms with Crippen LogP contribution in [-0.4, -0.2) is 41.8 Å². The van der Waals surface area contributed by atoms with Gasteiger partial charge in [-0.25, -0.2) is 0 Å². The Morgan fingerprint density at radius 2 is 1.71 bits per heavy atom. The largest absolute Gasteiger partial charge is 0.368 e. The molecule has 3 heteroatoms. The fourth-order valence-electron chi connectivity index (χ4n) is 3.04. The van der Waals surface area contributed by atoms with Gasteiger partial charge in [0.05, 0.1) is 11.2 Å². The molecule has 0 aromatic carbocycles. The highest BCUT2D eigenvalue weighted by molar-refractivity contribution is 5.04. The molecule has 0 spiro atoms. The van der Waals surface area contributed by atoms with E-state index < -0.39 is 0 Å². The van der Waals surface area contributed by atoms with E-state index in [1.165, 1.54) is 6.42 Å². The first-order valence-electron chi connectivity index (χ1n) is 6.92. The smallest absolute Gasteiger partial charge is 0.0788 e. The van der Waals surface area contributed by atoms with E-state index in [1.54, 1.807) is 0 Å². The molecule has 2 unspecified atom stereocenters. The van der Waals surface area contributed by atoms with Crippen LogP contribution in [0.4, 0.5) is 0 Å². The van der Waals surface area contributed by atoms with Crippen molar-refractivity contribution in [3.63, 3.8) is 0 Å². The number of nitrogens with zero attached hydrogens (tertiary/aromatic N) is 1. The van der Waals surface area contributed by atoms with Crippen LogP contribution in [0.25, 0.3) is 0 Å². The molecule has 1 heterocycles. The molecule has 0 aromatic rings. The first-order valence-corrected chi connectivity index (χ1v) is 6.92. The molecule has 3 nitrogen and oxygen atoms in total. The first kappa shape index (κ1) is 14.9. The first-order chi connectivity index (χ1) is 7.74.